The number of carboxylic acid groups (broad SMARTS) is 1. The summed E-state index contributed by atoms with van der Waals surface area (Å²) in [6, 6.07) is 0. The Morgan fingerprint density at radius 2 is 2.10 bits per heavy atom. The summed E-state index contributed by atoms with van der Waals surface area (Å²) in [5, 5.41) is 16.4. The Bertz CT molecular complexity index is 118. The van der Waals surface area contributed by atoms with Crippen LogP contribution in [0, 0.1) is 0 Å². The van der Waals surface area contributed by atoms with Crippen LogP contribution in [-0.2, 0) is 4.79 Å². The minimum Gasteiger partial charge on any atom is -0.516 e. The normalized spacial score (nSPS) is 10.4. The van der Waals surface area contributed by atoms with Gasteiger partial charge in [-0.15, -0.1) is 0 Å². The van der Waals surface area contributed by atoms with Gasteiger partial charge in [-0.25, -0.2) is 0 Å². The molecule has 0 aliphatic heterocycles. The lowest BCUT2D eigenvalue weighted by atomic mass is 10.2. The third-order valence-corrected chi connectivity index (χ3v) is 1.12. The van der Waals surface area contributed by atoms with E-state index in [9.17, 15) is 4.79 Å². The van der Waals surface area contributed by atoms with Crippen molar-refractivity contribution in [1.82, 2.24) is 0 Å². The molecule has 3 heteroatoms. The maximum absolute atomic E-state index is 9.96. The number of aliphatic hydroxyl groups excluding tert-OH is 1. The Balaban J connectivity index is 2.98. The van der Waals surface area contributed by atoms with E-state index in [1.807, 2.05) is 0 Å². The van der Waals surface area contributed by atoms with E-state index in [1.165, 1.54) is 0 Å². The summed E-state index contributed by atoms with van der Waals surface area (Å²) in [5.41, 5.74) is 0. The lowest BCUT2D eigenvalue weighted by Crippen LogP contribution is -1.92. The fraction of sp³-hybridized carbons (Fsp3) is 0.571. The molecule has 0 heterocycles. The fourth-order valence-electron chi connectivity index (χ4n) is 0.613. The van der Waals surface area contributed by atoms with Crippen LogP contribution in [0.2, 0.25) is 0 Å². The molecule has 0 fully saturated rings. The van der Waals surface area contributed by atoms with Gasteiger partial charge >= 0.3 is 5.97 Å². The van der Waals surface area contributed by atoms with E-state index in [4.69, 9.17) is 10.2 Å². The molecule has 0 spiro atoms. The molecule has 0 unspecified atom stereocenters. The first-order valence-electron chi connectivity index (χ1n) is 3.28. The van der Waals surface area contributed by atoms with Crippen molar-refractivity contribution in [1.29, 1.82) is 0 Å². The second-order valence-corrected chi connectivity index (χ2v) is 2.02. The van der Waals surface area contributed by atoms with Gasteiger partial charge < -0.3 is 10.2 Å². The largest absolute Gasteiger partial charge is 0.516 e. The van der Waals surface area contributed by atoms with E-state index >= 15 is 0 Å². The molecule has 0 saturated heterocycles. The molecule has 0 radical (unpaired) electrons. The molecule has 0 bridgehead atoms. The van der Waals surface area contributed by atoms with Crippen LogP contribution in [0.4, 0.5) is 0 Å². The van der Waals surface area contributed by atoms with E-state index in [0.29, 0.717) is 6.42 Å². The molecule has 0 rings (SSSR count). The highest BCUT2D eigenvalue weighted by molar-refractivity contribution is 5.66. The average molecular weight is 144 g/mol. The van der Waals surface area contributed by atoms with Gasteiger partial charge in [0.25, 0.3) is 0 Å². The molecular formula is C7H12O3. The van der Waals surface area contributed by atoms with Crippen molar-refractivity contribution in [2.24, 2.45) is 0 Å². The van der Waals surface area contributed by atoms with Crippen molar-refractivity contribution in [3.63, 3.8) is 0 Å². The Hall–Kier alpha value is -0.990. The van der Waals surface area contributed by atoms with Crippen molar-refractivity contribution in [3.05, 3.63) is 12.3 Å². The lowest BCUT2D eigenvalue weighted by molar-refractivity contribution is -0.137. The van der Waals surface area contributed by atoms with Crippen molar-refractivity contribution < 1.29 is 15.0 Å². The zero-order chi connectivity index (χ0) is 7.82. The van der Waals surface area contributed by atoms with Crippen LogP contribution >= 0.6 is 0 Å². The van der Waals surface area contributed by atoms with Gasteiger partial charge in [0.1, 0.15) is 0 Å². The molecule has 0 aromatic rings. The first kappa shape index (κ1) is 9.01. The second-order valence-electron chi connectivity index (χ2n) is 2.02. The molecule has 0 aliphatic rings. The molecule has 0 atom stereocenters. The van der Waals surface area contributed by atoms with Gasteiger partial charge in [0.05, 0.1) is 6.26 Å². The molecule has 2 N–H and O–H groups in total. The summed E-state index contributed by atoms with van der Waals surface area (Å²) in [4.78, 5) is 9.96. The highest BCUT2D eigenvalue weighted by atomic mass is 16.4. The minimum atomic E-state index is -0.757. The van der Waals surface area contributed by atoms with E-state index in [2.05, 4.69) is 0 Å². The Kier molecular flexibility index (Phi) is 5.53. The molecular weight excluding hydrogens is 132 g/mol. The first-order chi connectivity index (χ1) is 4.77. The van der Waals surface area contributed by atoms with Crippen molar-refractivity contribution in [2.45, 2.75) is 25.7 Å². The quantitative estimate of drug-likeness (QED) is 0.456. The predicted octanol–water partition coefficient (Wildman–Crippen LogP) is 1.70. The van der Waals surface area contributed by atoms with E-state index in [0.717, 1.165) is 19.1 Å². The topological polar surface area (TPSA) is 57.5 Å². The summed E-state index contributed by atoms with van der Waals surface area (Å²) in [6.07, 6.45) is 5.08. The number of hydrogen-bond acceptors (Lipinski definition) is 2. The van der Waals surface area contributed by atoms with Crippen LogP contribution in [0.25, 0.3) is 0 Å². The number of carboxylic acids is 1. The van der Waals surface area contributed by atoms with Gasteiger partial charge in [-0.2, -0.15) is 0 Å². The number of aliphatic carboxylic acids is 1. The summed E-state index contributed by atoms with van der Waals surface area (Å²) >= 11 is 0. The molecule has 58 valence electrons. The number of rotatable bonds is 5. The number of allylic oxidation sites excluding steroid dienone is 1. The van der Waals surface area contributed by atoms with Gasteiger partial charge in [-0.05, 0) is 19.3 Å². The second kappa shape index (κ2) is 6.13. The van der Waals surface area contributed by atoms with Crippen molar-refractivity contribution >= 4 is 5.97 Å². The van der Waals surface area contributed by atoms with Gasteiger partial charge in [0.15, 0.2) is 0 Å². The van der Waals surface area contributed by atoms with Crippen molar-refractivity contribution in [2.75, 3.05) is 0 Å². The summed E-state index contributed by atoms with van der Waals surface area (Å²) in [5.74, 6) is -0.757. The summed E-state index contributed by atoms with van der Waals surface area (Å²) in [7, 11) is 0. The summed E-state index contributed by atoms with van der Waals surface area (Å²) in [6.45, 7) is 0. The van der Waals surface area contributed by atoms with Crippen LogP contribution in [0.5, 0.6) is 0 Å². The number of hydrogen-bond donors (Lipinski definition) is 2. The standard InChI is InChI=1S/C7H12O3/c8-6-4-2-1-3-5-7(9)10/h4,6,8H,1-3,5H2,(H,9,10). The Labute approximate surface area is 60.0 Å². The van der Waals surface area contributed by atoms with Crippen molar-refractivity contribution in [3.8, 4) is 0 Å². The molecule has 10 heavy (non-hydrogen) atoms. The maximum Gasteiger partial charge on any atom is 0.303 e. The van der Waals surface area contributed by atoms with Gasteiger partial charge in [-0.1, -0.05) is 6.08 Å². The smallest absolute Gasteiger partial charge is 0.303 e. The molecule has 0 amide bonds. The third-order valence-electron chi connectivity index (χ3n) is 1.12. The van der Waals surface area contributed by atoms with Gasteiger partial charge in [-0.3, -0.25) is 4.79 Å². The van der Waals surface area contributed by atoms with E-state index in [-0.39, 0.29) is 6.42 Å². The van der Waals surface area contributed by atoms with Crippen LogP contribution in [-0.4, -0.2) is 16.2 Å². The molecule has 3 nitrogen and oxygen atoms in total. The minimum absolute atomic E-state index is 0.221. The predicted molar refractivity (Wildman–Crippen MR) is 37.9 cm³/mol. The number of unbranched alkanes of at least 4 members (excludes halogenated alkanes) is 2. The van der Waals surface area contributed by atoms with E-state index in [1.54, 1.807) is 6.08 Å². The van der Waals surface area contributed by atoms with Gasteiger partial charge in [0, 0.05) is 6.42 Å². The van der Waals surface area contributed by atoms with Crippen LogP contribution in [0.3, 0.4) is 0 Å². The zero-order valence-electron chi connectivity index (χ0n) is 5.79. The molecule has 0 aromatic heterocycles. The van der Waals surface area contributed by atoms with E-state index < -0.39 is 5.97 Å². The SMILES string of the molecule is O=C(O)CCCCC=CO. The van der Waals surface area contributed by atoms with Crippen LogP contribution in [0.15, 0.2) is 12.3 Å². The highest BCUT2D eigenvalue weighted by Gasteiger charge is 1.93. The Morgan fingerprint density at radius 1 is 1.40 bits per heavy atom. The number of aliphatic hydroxyl groups is 1. The van der Waals surface area contributed by atoms with Crippen LogP contribution in [0.1, 0.15) is 25.7 Å². The molecule has 0 aromatic carbocycles. The lowest BCUT2D eigenvalue weighted by Gasteiger charge is -1.91. The van der Waals surface area contributed by atoms with Crippen LogP contribution < -0.4 is 0 Å². The zero-order valence-corrected chi connectivity index (χ0v) is 5.79. The van der Waals surface area contributed by atoms with Gasteiger partial charge in [0.2, 0.25) is 0 Å². The fourth-order valence-corrected chi connectivity index (χ4v) is 0.613. The molecule has 0 aliphatic carbocycles. The highest BCUT2D eigenvalue weighted by Crippen LogP contribution is 1.99. The third kappa shape index (κ3) is 7.01. The first-order valence-corrected chi connectivity index (χ1v) is 3.28. The molecule has 0 saturated carbocycles. The Morgan fingerprint density at radius 3 is 2.60 bits per heavy atom. The maximum atomic E-state index is 9.96. The number of carbonyl (C=O) groups is 1. The summed E-state index contributed by atoms with van der Waals surface area (Å²) < 4.78 is 0. The monoisotopic (exact) mass is 144 g/mol. The average Bonchev–Trinajstić information content (AvgIpc) is 1.87.